The summed E-state index contributed by atoms with van der Waals surface area (Å²) in [4.78, 5) is 0.192. The summed E-state index contributed by atoms with van der Waals surface area (Å²) in [6.45, 7) is 0.574. The van der Waals surface area contributed by atoms with Gasteiger partial charge in [0.05, 0.1) is 12.4 Å². The van der Waals surface area contributed by atoms with Gasteiger partial charge in [-0.1, -0.05) is 36.5 Å². The van der Waals surface area contributed by atoms with Gasteiger partial charge in [-0.15, -0.1) is 0 Å². The van der Waals surface area contributed by atoms with Gasteiger partial charge in [0.2, 0.25) is 10.0 Å². The minimum atomic E-state index is -3.41. The van der Waals surface area contributed by atoms with Crippen molar-refractivity contribution >= 4 is 27.2 Å². The van der Waals surface area contributed by atoms with Gasteiger partial charge in [-0.25, -0.2) is 13.1 Å². The summed E-state index contributed by atoms with van der Waals surface area (Å²) in [7, 11) is -1.90. The number of sulfonamides is 1. The van der Waals surface area contributed by atoms with Crippen LogP contribution in [0.2, 0.25) is 0 Å². The van der Waals surface area contributed by atoms with Gasteiger partial charge in [0.25, 0.3) is 0 Å². The Labute approximate surface area is 112 Å². The SMILES string of the molecule is COCCNS(=O)(=O)Cc1ccccc1C(N)=S. The van der Waals surface area contributed by atoms with Crippen LogP contribution in [0.5, 0.6) is 0 Å². The fourth-order valence-corrected chi connectivity index (χ4v) is 2.80. The van der Waals surface area contributed by atoms with Crippen LogP contribution in [0, 0.1) is 0 Å². The van der Waals surface area contributed by atoms with E-state index in [2.05, 4.69) is 4.72 Å². The van der Waals surface area contributed by atoms with Crippen molar-refractivity contribution < 1.29 is 13.2 Å². The zero-order valence-corrected chi connectivity index (χ0v) is 11.7. The fraction of sp³-hybridized carbons (Fsp3) is 0.364. The van der Waals surface area contributed by atoms with Crippen molar-refractivity contribution in [3.05, 3.63) is 35.4 Å². The largest absolute Gasteiger partial charge is 0.389 e. The monoisotopic (exact) mass is 288 g/mol. The third-order valence-electron chi connectivity index (χ3n) is 2.26. The molecule has 0 radical (unpaired) electrons. The first-order valence-electron chi connectivity index (χ1n) is 5.30. The first kappa shape index (κ1) is 15.0. The van der Waals surface area contributed by atoms with E-state index < -0.39 is 10.0 Å². The Morgan fingerprint density at radius 1 is 1.44 bits per heavy atom. The molecule has 0 heterocycles. The van der Waals surface area contributed by atoms with Crippen molar-refractivity contribution in [3.8, 4) is 0 Å². The molecule has 0 amide bonds. The first-order chi connectivity index (χ1) is 8.46. The summed E-state index contributed by atoms with van der Waals surface area (Å²) in [6.07, 6.45) is 0. The maximum absolute atomic E-state index is 11.8. The molecule has 0 fully saturated rings. The predicted molar refractivity (Wildman–Crippen MR) is 74.8 cm³/mol. The van der Waals surface area contributed by atoms with E-state index in [0.717, 1.165) is 0 Å². The van der Waals surface area contributed by atoms with Crippen molar-refractivity contribution in [1.29, 1.82) is 0 Å². The number of methoxy groups -OCH3 is 1. The molecular formula is C11H16N2O3S2. The average Bonchev–Trinajstić information content (AvgIpc) is 2.29. The average molecular weight is 288 g/mol. The van der Waals surface area contributed by atoms with Crippen LogP contribution in [0.15, 0.2) is 24.3 Å². The molecule has 0 aliphatic carbocycles. The molecule has 0 spiro atoms. The van der Waals surface area contributed by atoms with Crippen LogP contribution in [0.4, 0.5) is 0 Å². The minimum Gasteiger partial charge on any atom is -0.389 e. The number of nitrogens with one attached hydrogen (secondary N) is 1. The quantitative estimate of drug-likeness (QED) is 0.560. The van der Waals surface area contributed by atoms with Gasteiger partial charge in [0, 0.05) is 19.2 Å². The van der Waals surface area contributed by atoms with Crippen LogP contribution in [0.3, 0.4) is 0 Å². The summed E-state index contributed by atoms with van der Waals surface area (Å²) in [5, 5.41) is 0. The topological polar surface area (TPSA) is 81.4 Å². The zero-order chi connectivity index (χ0) is 13.6. The fourth-order valence-electron chi connectivity index (χ4n) is 1.44. The van der Waals surface area contributed by atoms with Crippen LogP contribution in [0.1, 0.15) is 11.1 Å². The Kier molecular flexibility index (Phi) is 5.67. The smallest absolute Gasteiger partial charge is 0.215 e. The Balaban J connectivity index is 2.81. The Hall–Kier alpha value is -1.02. The Morgan fingerprint density at radius 3 is 2.72 bits per heavy atom. The second-order valence-electron chi connectivity index (χ2n) is 3.67. The second kappa shape index (κ2) is 6.79. The molecule has 3 N–H and O–H groups in total. The van der Waals surface area contributed by atoms with Crippen LogP contribution in [-0.4, -0.2) is 33.7 Å². The molecule has 18 heavy (non-hydrogen) atoms. The number of benzene rings is 1. The zero-order valence-electron chi connectivity index (χ0n) is 10.0. The highest BCUT2D eigenvalue weighted by Gasteiger charge is 2.14. The number of ether oxygens (including phenoxy) is 1. The molecule has 1 aromatic rings. The summed E-state index contributed by atoms with van der Waals surface area (Å²) in [5.74, 6) is -0.149. The maximum Gasteiger partial charge on any atom is 0.215 e. The highest BCUT2D eigenvalue weighted by atomic mass is 32.2. The highest BCUT2D eigenvalue weighted by Crippen LogP contribution is 2.11. The Bertz CT molecular complexity index is 515. The molecule has 1 aromatic carbocycles. The molecule has 0 bridgehead atoms. The normalized spacial score (nSPS) is 11.4. The molecule has 100 valence electrons. The molecule has 1 rings (SSSR count). The van der Waals surface area contributed by atoms with E-state index in [-0.39, 0.29) is 17.3 Å². The van der Waals surface area contributed by atoms with Crippen LogP contribution in [-0.2, 0) is 20.5 Å². The number of rotatable bonds is 7. The molecule has 0 aromatic heterocycles. The van der Waals surface area contributed by atoms with E-state index in [4.69, 9.17) is 22.7 Å². The summed E-state index contributed by atoms with van der Waals surface area (Å²) in [5.41, 5.74) is 6.73. The highest BCUT2D eigenvalue weighted by molar-refractivity contribution is 7.88. The van der Waals surface area contributed by atoms with E-state index in [1.807, 2.05) is 0 Å². The van der Waals surface area contributed by atoms with Gasteiger partial charge < -0.3 is 10.5 Å². The predicted octanol–water partition coefficient (Wildman–Crippen LogP) is 0.387. The van der Waals surface area contributed by atoms with Gasteiger partial charge in [-0.05, 0) is 5.56 Å². The number of hydrogen-bond acceptors (Lipinski definition) is 4. The standard InChI is InChI=1S/C11H16N2O3S2/c1-16-7-6-13-18(14,15)8-9-4-2-3-5-10(9)11(12)17/h2-5,13H,6-8H2,1H3,(H2,12,17). The minimum absolute atomic E-state index is 0.149. The second-order valence-corrected chi connectivity index (χ2v) is 5.91. The van der Waals surface area contributed by atoms with Crippen LogP contribution >= 0.6 is 12.2 Å². The van der Waals surface area contributed by atoms with Gasteiger partial charge in [0.1, 0.15) is 4.99 Å². The van der Waals surface area contributed by atoms with Crippen LogP contribution in [0.25, 0.3) is 0 Å². The van der Waals surface area contributed by atoms with E-state index >= 15 is 0 Å². The third-order valence-corrected chi connectivity index (χ3v) is 3.81. The lowest BCUT2D eigenvalue weighted by molar-refractivity contribution is 0.204. The van der Waals surface area contributed by atoms with Crippen molar-refractivity contribution in [2.45, 2.75) is 5.75 Å². The molecular weight excluding hydrogens is 272 g/mol. The lowest BCUT2D eigenvalue weighted by Gasteiger charge is -2.09. The number of thiocarbonyl (C=S) groups is 1. The van der Waals surface area contributed by atoms with E-state index in [9.17, 15) is 8.42 Å². The van der Waals surface area contributed by atoms with Crippen molar-refractivity contribution in [3.63, 3.8) is 0 Å². The van der Waals surface area contributed by atoms with Crippen LogP contribution < -0.4 is 10.5 Å². The van der Waals surface area contributed by atoms with E-state index in [1.54, 1.807) is 24.3 Å². The van der Waals surface area contributed by atoms with Gasteiger partial charge in [-0.3, -0.25) is 0 Å². The van der Waals surface area contributed by atoms with Gasteiger partial charge in [0.15, 0.2) is 0 Å². The van der Waals surface area contributed by atoms with E-state index in [1.165, 1.54) is 7.11 Å². The van der Waals surface area contributed by atoms with Gasteiger partial charge in [-0.2, -0.15) is 0 Å². The summed E-state index contributed by atoms with van der Waals surface area (Å²) >= 11 is 4.89. The lowest BCUT2D eigenvalue weighted by atomic mass is 10.1. The van der Waals surface area contributed by atoms with Crippen molar-refractivity contribution in [2.75, 3.05) is 20.3 Å². The molecule has 0 saturated carbocycles. The Morgan fingerprint density at radius 2 is 2.11 bits per heavy atom. The molecule has 0 saturated heterocycles. The molecule has 7 heteroatoms. The molecule has 5 nitrogen and oxygen atoms in total. The molecule has 0 unspecified atom stereocenters. The van der Waals surface area contributed by atoms with Crippen molar-refractivity contribution in [1.82, 2.24) is 4.72 Å². The van der Waals surface area contributed by atoms with Crippen molar-refractivity contribution in [2.24, 2.45) is 5.73 Å². The maximum atomic E-state index is 11.8. The van der Waals surface area contributed by atoms with E-state index in [0.29, 0.717) is 17.7 Å². The number of nitrogens with two attached hydrogens (primary N) is 1. The van der Waals surface area contributed by atoms with Gasteiger partial charge >= 0.3 is 0 Å². The number of hydrogen-bond donors (Lipinski definition) is 2. The molecule has 0 aliphatic heterocycles. The molecule has 0 aliphatic rings. The summed E-state index contributed by atoms with van der Waals surface area (Å²) in [6, 6.07) is 6.93. The summed E-state index contributed by atoms with van der Waals surface area (Å²) < 4.78 is 30.8. The lowest BCUT2D eigenvalue weighted by Crippen LogP contribution is -2.29. The first-order valence-corrected chi connectivity index (χ1v) is 7.36. The molecule has 0 atom stereocenters. The third kappa shape index (κ3) is 4.69.